The molecule has 0 unspecified atom stereocenters. The highest BCUT2D eigenvalue weighted by Gasteiger charge is 2.18. The second kappa shape index (κ2) is 8.91. The van der Waals surface area contributed by atoms with E-state index < -0.39 is 5.97 Å². The van der Waals surface area contributed by atoms with Crippen LogP contribution in [0.1, 0.15) is 31.8 Å². The van der Waals surface area contributed by atoms with Crippen molar-refractivity contribution in [3.8, 4) is 11.3 Å². The van der Waals surface area contributed by atoms with Gasteiger partial charge in [-0.1, -0.05) is 78.4 Å². The number of aryl methyl sites for hydroxylation is 2. The number of aromatic nitrogens is 1. The van der Waals surface area contributed by atoms with Crippen LogP contribution in [-0.4, -0.2) is 23.3 Å². The van der Waals surface area contributed by atoms with Gasteiger partial charge in [-0.15, -0.1) is 0 Å². The van der Waals surface area contributed by atoms with E-state index in [0.717, 1.165) is 27.5 Å². The van der Waals surface area contributed by atoms with Crippen LogP contribution >= 0.6 is 0 Å². The number of hydrogen-bond donors (Lipinski definition) is 0. The lowest BCUT2D eigenvalue weighted by molar-refractivity contribution is 0.0476. The average molecular weight is 446 g/mol. The van der Waals surface area contributed by atoms with E-state index >= 15 is 0 Å². The van der Waals surface area contributed by atoms with Crippen molar-refractivity contribution in [1.29, 1.82) is 0 Å². The van der Waals surface area contributed by atoms with Crippen LogP contribution in [0.25, 0.3) is 32.9 Å². The number of rotatable bonds is 5. The molecule has 1 aromatic heterocycles. The van der Waals surface area contributed by atoms with Crippen molar-refractivity contribution in [3.05, 3.63) is 113 Å². The average Bonchev–Trinajstić information content (AvgIpc) is 2.87. The summed E-state index contributed by atoms with van der Waals surface area (Å²) in [5.74, 6) is -0.763. The normalized spacial score (nSPS) is 11.0. The van der Waals surface area contributed by atoms with Crippen molar-refractivity contribution in [2.45, 2.75) is 13.8 Å². The number of esters is 1. The Morgan fingerprint density at radius 2 is 1.50 bits per heavy atom. The molecule has 0 aliphatic carbocycles. The number of ether oxygens (including phenoxy) is 1. The van der Waals surface area contributed by atoms with Gasteiger partial charge >= 0.3 is 5.97 Å². The van der Waals surface area contributed by atoms with E-state index in [2.05, 4.69) is 0 Å². The molecule has 0 atom stereocenters. The molecule has 0 radical (unpaired) electrons. The summed E-state index contributed by atoms with van der Waals surface area (Å²) in [4.78, 5) is 30.8. The summed E-state index contributed by atoms with van der Waals surface area (Å²) in [6, 6.07) is 29.0. The molecule has 4 nitrogen and oxygen atoms in total. The Hall–Kier alpha value is -4.31. The predicted octanol–water partition coefficient (Wildman–Crippen LogP) is 6.71. The predicted molar refractivity (Wildman–Crippen MR) is 135 cm³/mol. The summed E-state index contributed by atoms with van der Waals surface area (Å²) in [6.45, 7) is 3.49. The van der Waals surface area contributed by atoms with Gasteiger partial charge < -0.3 is 4.74 Å². The van der Waals surface area contributed by atoms with Crippen molar-refractivity contribution in [2.24, 2.45) is 0 Å². The fourth-order valence-electron chi connectivity index (χ4n) is 4.25. The number of ketones is 1. The summed E-state index contributed by atoms with van der Waals surface area (Å²) in [5.41, 5.74) is 5.12. The fraction of sp³-hybridized carbons (Fsp3) is 0.100. The number of nitrogens with zero attached hydrogens (tertiary/aromatic N) is 1. The number of carbonyl (C=O) groups is 2. The molecule has 0 spiro atoms. The van der Waals surface area contributed by atoms with Crippen LogP contribution < -0.4 is 0 Å². The first-order valence-electron chi connectivity index (χ1n) is 11.2. The number of hydrogen-bond acceptors (Lipinski definition) is 4. The molecule has 0 amide bonds. The van der Waals surface area contributed by atoms with Crippen molar-refractivity contribution >= 4 is 33.4 Å². The molecule has 1 heterocycles. The highest BCUT2D eigenvalue weighted by molar-refractivity contribution is 6.07. The number of carbonyl (C=O) groups excluding carboxylic acids is 2. The van der Waals surface area contributed by atoms with Crippen LogP contribution in [0.5, 0.6) is 0 Å². The summed E-state index contributed by atoms with van der Waals surface area (Å²) < 4.78 is 5.51. The maximum absolute atomic E-state index is 13.2. The van der Waals surface area contributed by atoms with Gasteiger partial charge in [-0.25, -0.2) is 9.78 Å². The Kier molecular flexibility index (Phi) is 5.64. The highest BCUT2D eigenvalue weighted by atomic mass is 16.5. The van der Waals surface area contributed by atoms with E-state index in [-0.39, 0.29) is 12.4 Å². The van der Waals surface area contributed by atoms with E-state index in [1.54, 1.807) is 6.07 Å². The molecule has 34 heavy (non-hydrogen) atoms. The Bertz CT molecular complexity index is 1560. The standard InChI is InChI=1S/C30H23NO3/c1-19-14-15-20(2)25(16-19)29(32)18-34-30(33)26-17-28(31-27-13-6-5-11-24(26)27)23-12-7-9-21-8-3-4-10-22(21)23/h3-17H,18H2,1-2H3. The first-order valence-corrected chi connectivity index (χ1v) is 11.2. The molecule has 5 aromatic rings. The van der Waals surface area contributed by atoms with Gasteiger partial charge in [-0.3, -0.25) is 4.79 Å². The summed E-state index contributed by atoms with van der Waals surface area (Å²) in [7, 11) is 0. The van der Waals surface area contributed by atoms with Gasteiger partial charge in [0.15, 0.2) is 6.61 Å². The molecule has 0 fully saturated rings. The lowest BCUT2D eigenvalue weighted by atomic mass is 9.99. The third-order valence-electron chi connectivity index (χ3n) is 6.03. The zero-order valence-corrected chi connectivity index (χ0v) is 19.0. The Morgan fingerprint density at radius 1 is 0.765 bits per heavy atom. The van der Waals surface area contributed by atoms with Crippen LogP contribution in [0.4, 0.5) is 0 Å². The molecule has 0 saturated heterocycles. The van der Waals surface area contributed by atoms with Crippen molar-refractivity contribution < 1.29 is 14.3 Å². The molecular weight excluding hydrogens is 422 g/mol. The van der Waals surface area contributed by atoms with Crippen molar-refractivity contribution in [1.82, 2.24) is 4.98 Å². The first kappa shape index (κ1) is 21.5. The third-order valence-corrected chi connectivity index (χ3v) is 6.03. The van der Waals surface area contributed by atoms with Gasteiger partial charge in [0.1, 0.15) is 0 Å². The van der Waals surface area contributed by atoms with E-state index in [9.17, 15) is 9.59 Å². The van der Waals surface area contributed by atoms with Gasteiger partial charge in [-0.05, 0) is 48.4 Å². The maximum Gasteiger partial charge on any atom is 0.339 e. The quantitative estimate of drug-likeness (QED) is 0.223. The molecule has 4 heteroatoms. The third kappa shape index (κ3) is 4.06. The van der Waals surface area contributed by atoms with Gasteiger partial charge in [0.2, 0.25) is 5.78 Å². The van der Waals surface area contributed by atoms with Gasteiger partial charge in [-0.2, -0.15) is 0 Å². The van der Waals surface area contributed by atoms with Crippen LogP contribution in [0.15, 0.2) is 91.0 Å². The number of para-hydroxylation sites is 1. The van der Waals surface area contributed by atoms with E-state index in [1.807, 2.05) is 98.8 Å². The molecule has 4 aromatic carbocycles. The number of Topliss-reactive ketones (excluding diaryl/α,β-unsaturated/α-hetero) is 1. The Balaban J connectivity index is 1.52. The Labute approximate surface area is 197 Å². The number of benzene rings is 4. The SMILES string of the molecule is Cc1ccc(C)c(C(=O)COC(=O)c2cc(-c3cccc4ccccc34)nc3ccccc23)c1. The molecule has 0 N–H and O–H groups in total. The van der Waals surface area contributed by atoms with Gasteiger partial charge in [0.25, 0.3) is 0 Å². The van der Waals surface area contributed by atoms with Crippen LogP contribution in [-0.2, 0) is 4.74 Å². The topological polar surface area (TPSA) is 56.3 Å². The minimum Gasteiger partial charge on any atom is -0.454 e. The van der Waals surface area contributed by atoms with Gasteiger partial charge in [0.05, 0.1) is 16.8 Å². The zero-order valence-electron chi connectivity index (χ0n) is 19.0. The first-order chi connectivity index (χ1) is 16.5. The highest BCUT2D eigenvalue weighted by Crippen LogP contribution is 2.30. The van der Waals surface area contributed by atoms with Crippen LogP contribution in [0.3, 0.4) is 0 Å². The minimum atomic E-state index is -0.543. The summed E-state index contributed by atoms with van der Waals surface area (Å²) >= 11 is 0. The minimum absolute atomic E-state index is 0.220. The largest absolute Gasteiger partial charge is 0.454 e. The molecule has 5 rings (SSSR count). The maximum atomic E-state index is 13.2. The molecule has 0 aliphatic heterocycles. The van der Waals surface area contributed by atoms with Gasteiger partial charge in [0, 0.05) is 16.5 Å². The van der Waals surface area contributed by atoms with E-state index in [4.69, 9.17) is 9.72 Å². The van der Waals surface area contributed by atoms with Crippen LogP contribution in [0.2, 0.25) is 0 Å². The van der Waals surface area contributed by atoms with Crippen molar-refractivity contribution in [2.75, 3.05) is 6.61 Å². The molecule has 166 valence electrons. The second-order valence-corrected chi connectivity index (χ2v) is 8.42. The lowest BCUT2D eigenvalue weighted by Crippen LogP contribution is -2.16. The molecular formula is C30H23NO3. The lowest BCUT2D eigenvalue weighted by Gasteiger charge is -2.12. The Morgan fingerprint density at radius 3 is 2.35 bits per heavy atom. The van der Waals surface area contributed by atoms with Crippen LogP contribution in [0, 0.1) is 13.8 Å². The molecule has 0 saturated carbocycles. The fourth-order valence-corrected chi connectivity index (χ4v) is 4.25. The monoisotopic (exact) mass is 445 g/mol. The molecule has 0 aliphatic rings. The van der Waals surface area contributed by atoms with Crippen molar-refractivity contribution in [3.63, 3.8) is 0 Å². The second-order valence-electron chi connectivity index (χ2n) is 8.42. The number of pyridine rings is 1. The smallest absolute Gasteiger partial charge is 0.339 e. The zero-order chi connectivity index (χ0) is 23.7. The summed E-state index contributed by atoms with van der Waals surface area (Å²) in [5, 5.41) is 2.84. The molecule has 0 bridgehead atoms. The summed E-state index contributed by atoms with van der Waals surface area (Å²) in [6.07, 6.45) is 0. The van der Waals surface area contributed by atoms with E-state index in [0.29, 0.717) is 27.7 Å². The van der Waals surface area contributed by atoms with E-state index in [1.165, 1.54) is 0 Å². The number of fused-ring (bicyclic) bond motifs is 2.